The number of hydrogen-bond donors (Lipinski definition) is 4. The van der Waals surface area contributed by atoms with E-state index < -0.39 is 0 Å². The minimum atomic E-state index is -0.380. The molecule has 0 bridgehead atoms. The van der Waals surface area contributed by atoms with Gasteiger partial charge < -0.3 is 21.8 Å². The van der Waals surface area contributed by atoms with Crippen molar-refractivity contribution in [2.75, 3.05) is 11.1 Å². The lowest BCUT2D eigenvalue weighted by Crippen LogP contribution is -2.47. The molecule has 6 N–H and O–H groups in total. The molecule has 0 fully saturated rings. The Morgan fingerprint density at radius 2 is 2.20 bits per heavy atom. The van der Waals surface area contributed by atoms with Crippen LogP contribution in [0.5, 0.6) is 0 Å². The summed E-state index contributed by atoms with van der Waals surface area (Å²) >= 11 is 0. The summed E-state index contributed by atoms with van der Waals surface area (Å²) in [4.78, 5) is 17.6. The maximum absolute atomic E-state index is 11.2. The number of nitrogens with zero attached hydrogens (tertiary/aromatic N) is 1. The van der Waals surface area contributed by atoms with Gasteiger partial charge in [0.1, 0.15) is 5.69 Å². The smallest absolute Gasteiger partial charge is 0.276 e. The second-order valence-corrected chi connectivity index (χ2v) is 4.13. The Hall–Kier alpha value is -1.56. The number of nitrogen functional groups attached to an aromatic ring is 1. The molecule has 0 radical (unpaired) electrons. The number of rotatable bonds is 3. The molecule has 1 aromatic heterocycles. The highest BCUT2D eigenvalue weighted by Gasteiger charge is 2.24. The molecule has 15 heavy (non-hydrogen) atoms. The summed E-state index contributed by atoms with van der Waals surface area (Å²) in [7, 11) is 0. The summed E-state index contributed by atoms with van der Waals surface area (Å²) in [5.41, 5.74) is 10.7. The van der Waals surface area contributed by atoms with E-state index in [0.29, 0.717) is 5.82 Å². The third-order valence-corrected chi connectivity index (χ3v) is 2.47. The molecule has 1 rings (SSSR count). The number of nitrogens with two attached hydrogens (primary N) is 2. The molecule has 0 aliphatic rings. The summed E-state index contributed by atoms with van der Waals surface area (Å²) in [5.74, 6) is 0.362. The third-order valence-electron chi connectivity index (χ3n) is 2.47. The van der Waals surface area contributed by atoms with Crippen molar-refractivity contribution in [3.63, 3.8) is 0 Å². The van der Waals surface area contributed by atoms with Crippen LogP contribution < -0.4 is 22.3 Å². The fourth-order valence-corrected chi connectivity index (χ4v) is 0.929. The van der Waals surface area contributed by atoms with Gasteiger partial charge in [-0.1, -0.05) is 0 Å². The van der Waals surface area contributed by atoms with E-state index in [-0.39, 0.29) is 22.8 Å². The van der Waals surface area contributed by atoms with Gasteiger partial charge in [-0.3, -0.25) is 4.79 Å². The second kappa shape index (κ2) is 3.90. The Kier molecular flexibility index (Phi) is 2.99. The molecule has 0 saturated heterocycles. The molecule has 6 heteroatoms. The van der Waals surface area contributed by atoms with Crippen LogP contribution >= 0.6 is 0 Å². The van der Waals surface area contributed by atoms with Crippen LogP contribution in [0, 0.1) is 0 Å². The molecular formula is C9H17N5O. The van der Waals surface area contributed by atoms with E-state index in [0.717, 1.165) is 0 Å². The first-order valence-electron chi connectivity index (χ1n) is 4.71. The van der Waals surface area contributed by atoms with Crippen molar-refractivity contribution in [1.82, 2.24) is 9.97 Å². The Morgan fingerprint density at radius 3 is 2.73 bits per heavy atom. The maximum Gasteiger partial charge on any atom is 0.276 e. The Labute approximate surface area is 88.1 Å². The van der Waals surface area contributed by atoms with Crippen molar-refractivity contribution in [2.24, 2.45) is 5.73 Å². The molecule has 0 saturated carbocycles. The van der Waals surface area contributed by atoms with Crippen LogP contribution in [0.1, 0.15) is 20.8 Å². The van der Waals surface area contributed by atoms with Gasteiger partial charge in [0.05, 0.1) is 6.33 Å². The van der Waals surface area contributed by atoms with Crippen LogP contribution in [0.25, 0.3) is 0 Å². The van der Waals surface area contributed by atoms with E-state index in [1.165, 1.54) is 6.33 Å². The predicted molar refractivity (Wildman–Crippen MR) is 60.6 cm³/mol. The summed E-state index contributed by atoms with van der Waals surface area (Å²) in [6.45, 7) is 5.70. The van der Waals surface area contributed by atoms with Gasteiger partial charge in [-0.05, 0) is 20.8 Å². The van der Waals surface area contributed by atoms with Gasteiger partial charge in [-0.15, -0.1) is 0 Å². The van der Waals surface area contributed by atoms with Crippen molar-refractivity contribution >= 4 is 11.5 Å². The molecule has 1 heterocycles. The number of aromatic nitrogens is 2. The summed E-state index contributed by atoms with van der Waals surface area (Å²) in [5, 5.41) is 3.05. The van der Waals surface area contributed by atoms with Gasteiger partial charge >= 0.3 is 0 Å². The zero-order chi connectivity index (χ0) is 11.6. The van der Waals surface area contributed by atoms with Gasteiger partial charge in [0.15, 0.2) is 5.82 Å². The lowest BCUT2D eigenvalue weighted by molar-refractivity contribution is 0.469. The van der Waals surface area contributed by atoms with Crippen molar-refractivity contribution in [1.29, 1.82) is 0 Å². The van der Waals surface area contributed by atoms with Crippen molar-refractivity contribution in [2.45, 2.75) is 32.4 Å². The lowest BCUT2D eigenvalue weighted by Gasteiger charge is -2.31. The number of aromatic amines is 1. The zero-order valence-electron chi connectivity index (χ0n) is 9.16. The normalized spacial score (nSPS) is 13.6. The summed E-state index contributed by atoms with van der Waals surface area (Å²) in [6.07, 6.45) is 1.30. The first-order chi connectivity index (χ1) is 6.84. The van der Waals surface area contributed by atoms with E-state index in [9.17, 15) is 4.79 Å². The number of nitrogens with one attached hydrogen (secondary N) is 2. The van der Waals surface area contributed by atoms with E-state index in [4.69, 9.17) is 11.5 Å². The second-order valence-electron chi connectivity index (χ2n) is 4.13. The molecule has 1 unspecified atom stereocenters. The van der Waals surface area contributed by atoms with Crippen molar-refractivity contribution in [3.8, 4) is 0 Å². The molecule has 84 valence electrons. The molecular weight excluding hydrogens is 194 g/mol. The van der Waals surface area contributed by atoms with E-state index in [2.05, 4.69) is 15.3 Å². The molecule has 1 atom stereocenters. The average Bonchev–Trinajstić information content (AvgIpc) is 2.12. The molecule has 0 amide bonds. The Bertz CT molecular complexity index is 396. The van der Waals surface area contributed by atoms with Crippen LogP contribution in [0.15, 0.2) is 11.1 Å². The number of hydrogen-bond acceptors (Lipinski definition) is 5. The van der Waals surface area contributed by atoms with E-state index in [1.54, 1.807) is 0 Å². The van der Waals surface area contributed by atoms with Gasteiger partial charge in [0, 0.05) is 11.6 Å². The summed E-state index contributed by atoms with van der Waals surface area (Å²) in [6, 6.07) is -0.0991. The van der Waals surface area contributed by atoms with Crippen LogP contribution in [0.3, 0.4) is 0 Å². The minimum absolute atomic E-state index is 0.0752. The number of anilines is 2. The fourth-order valence-electron chi connectivity index (χ4n) is 0.929. The van der Waals surface area contributed by atoms with Crippen LogP contribution in [0.4, 0.5) is 11.5 Å². The fraction of sp³-hybridized carbons (Fsp3) is 0.556. The van der Waals surface area contributed by atoms with Gasteiger partial charge in [-0.2, -0.15) is 0 Å². The van der Waals surface area contributed by atoms with E-state index >= 15 is 0 Å². The van der Waals surface area contributed by atoms with Crippen LogP contribution in [0.2, 0.25) is 0 Å². The van der Waals surface area contributed by atoms with Crippen LogP contribution in [-0.2, 0) is 0 Å². The average molecular weight is 211 g/mol. The Balaban J connectivity index is 3.00. The monoisotopic (exact) mass is 211 g/mol. The van der Waals surface area contributed by atoms with Crippen molar-refractivity contribution < 1.29 is 0 Å². The van der Waals surface area contributed by atoms with E-state index in [1.807, 2.05) is 20.8 Å². The number of H-pyrrole nitrogens is 1. The van der Waals surface area contributed by atoms with Gasteiger partial charge in [-0.25, -0.2) is 4.98 Å². The van der Waals surface area contributed by atoms with Gasteiger partial charge in [0.2, 0.25) is 0 Å². The highest BCUT2D eigenvalue weighted by molar-refractivity contribution is 5.60. The topological polar surface area (TPSA) is 110 Å². The van der Waals surface area contributed by atoms with Crippen molar-refractivity contribution in [3.05, 3.63) is 16.7 Å². The maximum atomic E-state index is 11.2. The molecule has 6 nitrogen and oxygen atoms in total. The zero-order valence-corrected chi connectivity index (χ0v) is 9.16. The van der Waals surface area contributed by atoms with Crippen LogP contribution in [-0.4, -0.2) is 21.5 Å². The molecule has 0 aliphatic heterocycles. The SMILES string of the molecule is CC(N)C(C)(C)Nc1nc[nH]c(=O)c1N. The first-order valence-corrected chi connectivity index (χ1v) is 4.71. The highest BCUT2D eigenvalue weighted by Crippen LogP contribution is 2.17. The Morgan fingerprint density at radius 1 is 1.60 bits per heavy atom. The largest absolute Gasteiger partial charge is 0.391 e. The quantitative estimate of drug-likeness (QED) is 0.557. The molecule has 0 aromatic carbocycles. The lowest BCUT2D eigenvalue weighted by atomic mass is 9.97. The molecule has 0 spiro atoms. The molecule has 0 aliphatic carbocycles. The predicted octanol–water partition coefficient (Wildman–Crippen LogP) is -0.110. The van der Waals surface area contributed by atoms with Gasteiger partial charge in [0.25, 0.3) is 5.56 Å². The third kappa shape index (κ3) is 2.47. The summed E-state index contributed by atoms with van der Waals surface area (Å²) < 4.78 is 0. The standard InChI is InChI=1S/C9H17N5O/c1-5(10)9(2,3)14-7-6(11)8(15)13-4-12-7/h4-5H,10-11H2,1-3H3,(H2,12,13,14,15). The first kappa shape index (κ1) is 11.5. The molecule has 1 aromatic rings. The minimum Gasteiger partial charge on any atom is -0.391 e. The highest BCUT2D eigenvalue weighted by atomic mass is 16.1.